The number of urea groups is 1. The molecule has 2 saturated heterocycles. The van der Waals surface area contributed by atoms with E-state index >= 15 is 0 Å². The van der Waals surface area contributed by atoms with Crippen molar-refractivity contribution in [3.05, 3.63) is 31.3 Å². The van der Waals surface area contributed by atoms with Crippen LogP contribution in [0.3, 0.4) is 0 Å². The van der Waals surface area contributed by atoms with Crippen LogP contribution >= 0.6 is 11.3 Å². The van der Waals surface area contributed by atoms with Gasteiger partial charge in [0.15, 0.2) is 0 Å². The maximum atomic E-state index is 13.0. The van der Waals surface area contributed by atoms with Crippen LogP contribution in [-0.4, -0.2) is 52.5 Å². The molecule has 2 amide bonds. The number of aromatic nitrogens is 2. The minimum atomic E-state index is -4.70. The number of carbonyl (C=O) groups excluding carboxylic acids is 1. The molecule has 1 N–H and O–H groups in total. The van der Waals surface area contributed by atoms with Gasteiger partial charge in [-0.15, -0.1) is 11.3 Å². The van der Waals surface area contributed by atoms with E-state index in [0.29, 0.717) is 41.6 Å². The van der Waals surface area contributed by atoms with Gasteiger partial charge in [-0.3, -0.25) is 13.9 Å². The maximum Gasteiger partial charge on any atom is 0.406 e. The number of thiophene rings is 1. The fraction of sp³-hybridized carbons (Fsp3) is 0.588. The minimum absolute atomic E-state index is 0.00274. The Morgan fingerprint density at radius 3 is 2.48 bits per heavy atom. The minimum Gasteiger partial charge on any atom is -0.381 e. The quantitative estimate of drug-likeness (QED) is 0.771. The monoisotopic (exact) mass is 432 g/mol. The highest BCUT2D eigenvalue weighted by Gasteiger charge is 2.33. The Hall–Kier alpha value is -2.34. The Morgan fingerprint density at radius 1 is 1.21 bits per heavy atom. The van der Waals surface area contributed by atoms with E-state index in [2.05, 4.69) is 5.32 Å². The molecule has 2 aliphatic heterocycles. The molecule has 0 aromatic carbocycles. The molecule has 12 heteroatoms. The molecule has 4 heterocycles. The second-order valence-electron chi connectivity index (χ2n) is 7.29. The van der Waals surface area contributed by atoms with E-state index in [9.17, 15) is 27.6 Å². The Bertz CT molecular complexity index is 1080. The summed E-state index contributed by atoms with van der Waals surface area (Å²) in [6.45, 7) is 2.25. The second kappa shape index (κ2) is 7.17. The van der Waals surface area contributed by atoms with Gasteiger partial charge in [-0.2, -0.15) is 13.2 Å². The average molecular weight is 432 g/mol. The van der Waals surface area contributed by atoms with Crippen LogP contribution in [0.15, 0.2) is 9.59 Å². The van der Waals surface area contributed by atoms with Crippen LogP contribution in [0, 0.1) is 12.8 Å². The van der Waals surface area contributed by atoms with Gasteiger partial charge < -0.3 is 15.0 Å². The van der Waals surface area contributed by atoms with Crippen molar-refractivity contribution in [1.29, 1.82) is 0 Å². The van der Waals surface area contributed by atoms with Gasteiger partial charge in [0, 0.05) is 30.4 Å². The zero-order chi connectivity index (χ0) is 20.9. The molecular weight excluding hydrogens is 413 g/mol. The summed E-state index contributed by atoms with van der Waals surface area (Å²) in [5, 5.41) is 2.79. The van der Waals surface area contributed by atoms with Crippen molar-refractivity contribution in [1.82, 2.24) is 19.4 Å². The first-order valence-corrected chi connectivity index (χ1v) is 9.90. The fourth-order valence-corrected chi connectivity index (χ4v) is 4.87. The fourth-order valence-electron chi connectivity index (χ4n) is 3.55. The third kappa shape index (κ3) is 3.66. The summed E-state index contributed by atoms with van der Waals surface area (Å²) in [6, 6.07) is -0.236. The summed E-state index contributed by atoms with van der Waals surface area (Å²) in [6.07, 6.45) is -4.70. The van der Waals surface area contributed by atoms with Gasteiger partial charge in [0.2, 0.25) is 0 Å². The van der Waals surface area contributed by atoms with Crippen LogP contribution in [0.1, 0.15) is 10.4 Å². The lowest BCUT2D eigenvalue weighted by atomic mass is 10.1. The summed E-state index contributed by atoms with van der Waals surface area (Å²) < 4.78 is 45.7. The smallest absolute Gasteiger partial charge is 0.381 e. The first-order valence-electron chi connectivity index (χ1n) is 9.08. The van der Waals surface area contributed by atoms with Crippen LogP contribution in [-0.2, 0) is 24.4 Å². The summed E-state index contributed by atoms with van der Waals surface area (Å²) in [5.74, 6) is 0.00274. The number of fused-ring (bicyclic) bond motifs is 1. The molecule has 0 saturated carbocycles. The molecule has 2 aromatic rings. The number of aryl methyl sites for hydroxylation is 1. The van der Waals surface area contributed by atoms with Gasteiger partial charge in [0.05, 0.1) is 25.1 Å². The molecule has 158 valence electrons. The highest BCUT2D eigenvalue weighted by molar-refractivity contribution is 7.18. The zero-order valence-corrected chi connectivity index (χ0v) is 16.4. The van der Waals surface area contributed by atoms with Gasteiger partial charge in [0.25, 0.3) is 5.56 Å². The molecule has 4 rings (SSSR count). The number of nitrogens with zero attached hydrogens (tertiary/aromatic N) is 3. The summed E-state index contributed by atoms with van der Waals surface area (Å²) in [7, 11) is 0. The summed E-state index contributed by atoms with van der Waals surface area (Å²) >= 11 is 1.18. The average Bonchev–Trinajstić information content (AvgIpc) is 3.13. The molecule has 2 aromatic heterocycles. The number of amides is 2. The lowest BCUT2D eigenvalue weighted by molar-refractivity contribution is -0.142. The molecule has 0 bridgehead atoms. The highest BCUT2D eigenvalue weighted by atomic mass is 32.1. The summed E-state index contributed by atoms with van der Waals surface area (Å²) in [4.78, 5) is 40.1. The number of ether oxygens (including phenoxy) is 1. The maximum absolute atomic E-state index is 13.0. The predicted molar refractivity (Wildman–Crippen MR) is 99.3 cm³/mol. The number of hydrogen-bond donors (Lipinski definition) is 1. The lowest BCUT2D eigenvalue weighted by Crippen LogP contribution is -2.45. The van der Waals surface area contributed by atoms with Gasteiger partial charge in [0.1, 0.15) is 11.4 Å². The molecule has 0 atom stereocenters. The van der Waals surface area contributed by atoms with E-state index in [1.807, 2.05) is 0 Å². The van der Waals surface area contributed by atoms with Crippen molar-refractivity contribution in [3.8, 4) is 0 Å². The molecule has 2 aliphatic rings. The number of alkyl halides is 3. The van der Waals surface area contributed by atoms with Gasteiger partial charge in [-0.1, -0.05) is 0 Å². The largest absolute Gasteiger partial charge is 0.406 e. The Morgan fingerprint density at radius 2 is 1.93 bits per heavy atom. The van der Waals surface area contributed by atoms with Crippen LogP contribution in [0.4, 0.5) is 18.0 Å². The topological polar surface area (TPSA) is 85.6 Å². The highest BCUT2D eigenvalue weighted by Crippen LogP contribution is 2.30. The standard InChI is InChI=1S/C17H19F3N4O4S/c1-9-11(5-22-3-2-21-15(22)26)29-14-12(9)13(25)24(8-17(18,19)20)16(27)23(14)4-10-6-28-7-10/h10H,2-8H2,1H3,(H,21,26). The lowest BCUT2D eigenvalue weighted by Gasteiger charge is -2.27. The van der Waals surface area contributed by atoms with Crippen molar-refractivity contribution >= 4 is 27.6 Å². The van der Waals surface area contributed by atoms with Gasteiger partial charge in [-0.05, 0) is 12.5 Å². The molecule has 0 aliphatic carbocycles. The van der Waals surface area contributed by atoms with Crippen LogP contribution < -0.4 is 16.6 Å². The van der Waals surface area contributed by atoms with Gasteiger partial charge in [-0.25, -0.2) is 9.59 Å². The molecule has 2 fully saturated rings. The van der Waals surface area contributed by atoms with Crippen molar-refractivity contribution in [2.45, 2.75) is 32.7 Å². The zero-order valence-electron chi connectivity index (χ0n) is 15.5. The Kier molecular flexibility index (Phi) is 4.93. The normalized spacial score (nSPS) is 17.8. The second-order valence-corrected chi connectivity index (χ2v) is 8.37. The number of nitrogens with one attached hydrogen (secondary N) is 1. The van der Waals surface area contributed by atoms with E-state index in [0.717, 1.165) is 0 Å². The first-order chi connectivity index (χ1) is 13.7. The van der Waals surface area contributed by atoms with Crippen LogP contribution in [0.25, 0.3) is 10.2 Å². The SMILES string of the molecule is Cc1c(CN2CCNC2=O)sc2c1c(=O)n(CC(F)(F)F)c(=O)n2CC1COC1. The number of carbonyl (C=O) groups is 1. The molecule has 29 heavy (non-hydrogen) atoms. The molecule has 0 radical (unpaired) electrons. The van der Waals surface area contributed by atoms with E-state index in [4.69, 9.17) is 4.74 Å². The third-order valence-corrected chi connectivity index (χ3v) is 6.46. The number of hydrogen-bond acceptors (Lipinski definition) is 5. The van der Waals surface area contributed by atoms with Crippen molar-refractivity contribution < 1.29 is 22.7 Å². The Labute approximate surface area is 166 Å². The van der Waals surface area contributed by atoms with Crippen molar-refractivity contribution in [2.24, 2.45) is 5.92 Å². The van der Waals surface area contributed by atoms with Gasteiger partial charge >= 0.3 is 17.9 Å². The van der Waals surface area contributed by atoms with E-state index < -0.39 is 24.0 Å². The van der Waals surface area contributed by atoms with E-state index in [1.165, 1.54) is 15.9 Å². The summed E-state index contributed by atoms with van der Waals surface area (Å²) in [5.41, 5.74) is -1.42. The molecule has 0 spiro atoms. The van der Waals surface area contributed by atoms with E-state index in [1.54, 1.807) is 11.8 Å². The van der Waals surface area contributed by atoms with Crippen LogP contribution in [0.5, 0.6) is 0 Å². The molecule has 8 nitrogen and oxygen atoms in total. The third-order valence-electron chi connectivity index (χ3n) is 5.16. The van der Waals surface area contributed by atoms with E-state index in [-0.39, 0.29) is 35.0 Å². The number of halogens is 3. The molecular formula is C17H19F3N4O4S. The molecule has 0 unspecified atom stereocenters. The first kappa shape index (κ1) is 20.0. The Balaban J connectivity index is 1.87. The van der Waals surface area contributed by atoms with Crippen molar-refractivity contribution in [3.63, 3.8) is 0 Å². The predicted octanol–water partition coefficient (Wildman–Crippen LogP) is 1.27. The van der Waals surface area contributed by atoms with Crippen LogP contribution in [0.2, 0.25) is 0 Å². The number of rotatable bonds is 5. The van der Waals surface area contributed by atoms with Crippen molar-refractivity contribution in [2.75, 3.05) is 26.3 Å².